The second-order valence-corrected chi connectivity index (χ2v) is 15.6. The van der Waals surface area contributed by atoms with Crippen molar-refractivity contribution < 1.29 is 0 Å². The van der Waals surface area contributed by atoms with E-state index < -0.39 is 8.07 Å². The number of nitrogens with one attached hydrogen (secondary N) is 4. The van der Waals surface area contributed by atoms with Crippen LogP contribution in [0.3, 0.4) is 0 Å². The van der Waals surface area contributed by atoms with E-state index in [-0.39, 0.29) is 0 Å². The highest BCUT2D eigenvalue weighted by Gasteiger charge is 2.34. The van der Waals surface area contributed by atoms with Crippen LogP contribution in [-0.2, 0) is 0 Å². The van der Waals surface area contributed by atoms with Gasteiger partial charge in [-0.2, -0.15) is 0 Å². The van der Waals surface area contributed by atoms with Crippen molar-refractivity contribution in [2.75, 3.05) is 12.7 Å². The fourth-order valence-electron chi connectivity index (χ4n) is 5.21. The van der Waals surface area contributed by atoms with Crippen LogP contribution in [0.5, 0.6) is 0 Å². The monoisotopic (exact) mass is 468 g/mol. The van der Waals surface area contributed by atoms with Crippen LogP contribution in [0.25, 0.3) is 33.6 Å². The molecule has 4 aromatic rings. The molecule has 34 heavy (non-hydrogen) atoms. The van der Waals surface area contributed by atoms with Gasteiger partial charge in [0.1, 0.15) is 11.6 Å². The van der Waals surface area contributed by atoms with Crippen LogP contribution < -0.4 is 10.6 Å². The van der Waals surface area contributed by atoms with Gasteiger partial charge in [-0.05, 0) is 53.9 Å². The maximum atomic E-state index is 4.68. The molecule has 2 aliphatic heterocycles. The second kappa shape index (κ2) is 8.65. The average Bonchev–Trinajstić information content (AvgIpc) is 3.66. The molecule has 174 valence electrons. The first kappa shape index (κ1) is 21.5. The molecule has 0 spiro atoms. The van der Waals surface area contributed by atoms with Gasteiger partial charge in [0.2, 0.25) is 0 Å². The summed E-state index contributed by atoms with van der Waals surface area (Å²) in [5.41, 5.74) is 6.90. The lowest BCUT2D eigenvalue weighted by Crippen LogP contribution is -2.28. The number of hydrogen-bond acceptors (Lipinski definition) is 4. The highest BCUT2D eigenvalue weighted by atomic mass is 28.3. The largest absolute Gasteiger partial charge is 0.341 e. The Hall–Kier alpha value is -3.00. The molecule has 0 radical (unpaired) electrons. The molecule has 2 atom stereocenters. The number of rotatable bonds is 5. The predicted molar refractivity (Wildman–Crippen MR) is 140 cm³/mol. The Morgan fingerprint density at radius 2 is 1.24 bits per heavy atom. The number of nitrogens with zero attached hydrogens (tertiary/aromatic N) is 2. The molecule has 4 heterocycles. The molecule has 7 heteroatoms. The molecule has 2 saturated heterocycles. The zero-order valence-corrected chi connectivity index (χ0v) is 20.9. The quantitative estimate of drug-likeness (QED) is 0.294. The lowest BCUT2D eigenvalue weighted by Gasteiger charge is -2.11. The molecule has 2 aliphatic rings. The van der Waals surface area contributed by atoms with Crippen LogP contribution >= 0.6 is 0 Å². The number of aromatic amines is 2. The molecule has 6 nitrogen and oxygen atoms in total. The Morgan fingerprint density at radius 1 is 0.706 bits per heavy atom. The molecule has 2 aromatic carbocycles. The maximum Gasteiger partial charge on any atom is 0.123 e. The zero-order chi connectivity index (χ0) is 23.1. The number of hydrogen-bond donors (Lipinski definition) is 4. The second-order valence-electron chi connectivity index (χ2n) is 10.5. The number of H-pyrrole nitrogens is 2. The highest BCUT2D eigenvalue weighted by molar-refractivity contribution is 6.78. The van der Waals surface area contributed by atoms with Gasteiger partial charge < -0.3 is 20.6 Å². The molecular weight excluding hydrogens is 436 g/mol. The van der Waals surface area contributed by atoms with Gasteiger partial charge in [0.15, 0.2) is 0 Å². The highest BCUT2D eigenvalue weighted by Crippen LogP contribution is 2.31. The Morgan fingerprint density at radius 3 is 1.71 bits per heavy atom. The van der Waals surface area contributed by atoms with Crippen LogP contribution in [0.4, 0.5) is 0 Å². The molecule has 0 amide bonds. The van der Waals surface area contributed by atoms with E-state index in [9.17, 15) is 0 Å². The molecule has 6 rings (SSSR count). The van der Waals surface area contributed by atoms with Crippen molar-refractivity contribution in [3.63, 3.8) is 0 Å². The molecule has 0 unspecified atom stereocenters. The summed E-state index contributed by atoms with van der Waals surface area (Å²) in [6.07, 6.45) is 7.45. The van der Waals surface area contributed by atoms with E-state index in [2.05, 4.69) is 92.2 Å². The third kappa shape index (κ3) is 4.27. The molecule has 0 bridgehead atoms. The first-order valence-corrected chi connectivity index (χ1v) is 15.7. The van der Waals surface area contributed by atoms with Crippen molar-refractivity contribution in [1.29, 1.82) is 0 Å². The minimum Gasteiger partial charge on any atom is -0.341 e. The van der Waals surface area contributed by atoms with E-state index in [0.29, 0.717) is 12.1 Å². The molecule has 4 N–H and O–H groups in total. The van der Waals surface area contributed by atoms with Gasteiger partial charge >= 0.3 is 0 Å². The van der Waals surface area contributed by atoms with Crippen LogP contribution in [-0.4, -0.2) is 40.7 Å². The van der Waals surface area contributed by atoms with E-state index in [1.807, 2.05) is 12.4 Å². The SMILES string of the molecule is C[Si]1(C)CN[C@H](c2ncc(-c3ccc(-c4ccc(-c5cnc([C@@H]6CCCN6)[nH]5)cc4)cc3)[nH]2)C1. The van der Waals surface area contributed by atoms with Crippen LogP contribution in [0.1, 0.15) is 36.6 Å². The van der Waals surface area contributed by atoms with Gasteiger partial charge in [-0.3, -0.25) is 0 Å². The topological polar surface area (TPSA) is 81.4 Å². The van der Waals surface area contributed by atoms with E-state index in [1.165, 1.54) is 35.3 Å². The van der Waals surface area contributed by atoms with Crippen LogP contribution in [0.15, 0.2) is 60.9 Å². The van der Waals surface area contributed by atoms with Crippen molar-refractivity contribution >= 4 is 8.07 Å². The van der Waals surface area contributed by atoms with Crippen molar-refractivity contribution in [2.24, 2.45) is 0 Å². The third-order valence-corrected chi connectivity index (χ3v) is 9.89. The minimum absolute atomic E-state index is 0.362. The Balaban J connectivity index is 1.15. The van der Waals surface area contributed by atoms with E-state index >= 15 is 0 Å². The predicted octanol–water partition coefficient (Wildman–Crippen LogP) is 5.45. The van der Waals surface area contributed by atoms with Gasteiger partial charge in [0, 0.05) is 0 Å². The summed E-state index contributed by atoms with van der Waals surface area (Å²) in [6.45, 7) is 5.96. The summed E-state index contributed by atoms with van der Waals surface area (Å²) in [6, 6.07) is 19.4. The summed E-state index contributed by atoms with van der Waals surface area (Å²) in [7, 11) is -1.11. The number of aromatic nitrogens is 4. The molecule has 0 saturated carbocycles. The molecular formula is C27H32N6Si. The first-order chi connectivity index (χ1) is 16.5. The smallest absolute Gasteiger partial charge is 0.123 e. The fraction of sp³-hybridized carbons (Fsp3) is 0.333. The first-order valence-electron chi connectivity index (χ1n) is 12.3. The maximum absolute atomic E-state index is 4.68. The number of benzene rings is 2. The Kier molecular flexibility index (Phi) is 5.48. The van der Waals surface area contributed by atoms with Crippen molar-refractivity contribution in [2.45, 2.75) is 44.1 Å². The Bertz CT molecular complexity index is 1270. The summed E-state index contributed by atoms with van der Waals surface area (Å²) >= 11 is 0. The normalized spacial score (nSPS) is 21.8. The summed E-state index contributed by atoms with van der Waals surface area (Å²) in [5, 5.41) is 7.15. The standard InChI is InChI=1S/C27H32N6Si/c1-34(2)16-25(31-17-34)27-30-15-24(33-27)21-11-7-19(8-12-21)18-5-9-20(10-6-18)23-14-29-26(32-23)22-4-3-13-28-22/h5-12,14-15,22,25,28,31H,3-4,13,16-17H2,1-2H3,(H,29,32)(H,30,33)/t22-,25-/m0/s1. The minimum atomic E-state index is -1.11. The third-order valence-electron chi connectivity index (χ3n) is 7.22. The summed E-state index contributed by atoms with van der Waals surface area (Å²) < 4.78 is 0. The molecule has 0 aliphatic carbocycles. The van der Waals surface area contributed by atoms with Gasteiger partial charge in [0.05, 0.1) is 43.9 Å². The van der Waals surface area contributed by atoms with E-state index in [0.717, 1.165) is 41.6 Å². The molecule has 2 fully saturated rings. The van der Waals surface area contributed by atoms with Crippen molar-refractivity contribution in [1.82, 2.24) is 30.6 Å². The summed E-state index contributed by atoms with van der Waals surface area (Å²) in [5.74, 6) is 2.11. The van der Waals surface area contributed by atoms with E-state index in [1.54, 1.807) is 0 Å². The van der Waals surface area contributed by atoms with Crippen LogP contribution in [0.2, 0.25) is 19.1 Å². The van der Waals surface area contributed by atoms with Gasteiger partial charge in [-0.25, -0.2) is 9.97 Å². The van der Waals surface area contributed by atoms with Gasteiger partial charge in [0.25, 0.3) is 0 Å². The van der Waals surface area contributed by atoms with Gasteiger partial charge in [-0.1, -0.05) is 61.6 Å². The summed E-state index contributed by atoms with van der Waals surface area (Å²) in [4.78, 5) is 16.3. The molecule has 2 aromatic heterocycles. The Labute approximate surface area is 201 Å². The average molecular weight is 469 g/mol. The van der Waals surface area contributed by atoms with Gasteiger partial charge in [-0.15, -0.1) is 0 Å². The fourth-order valence-corrected chi connectivity index (χ4v) is 7.60. The lowest BCUT2D eigenvalue weighted by atomic mass is 10.0. The lowest BCUT2D eigenvalue weighted by molar-refractivity contribution is 0.613. The van der Waals surface area contributed by atoms with Crippen LogP contribution in [0, 0.1) is 0 Å². The van der Waals surface area contributed by atoms with Crippen molar-refractivity contribution in [3.05, 3.63) is 72.6 Å². The number of imidazole rings is 2. The van der Waals surface area contributed by atoms with Crippen molar-refractivity contribution in [3.8, 4) is 33.6 Å². The zero-order valence-electron chi connectivity index (χ0n) is 19.9. The van der Waals surface area contributed by atoms with E-state index in [4.69, 9.17) is 0 Å².